The fraction of sp³-hybridized carbons (Fsp3) is 0.0714. The molecule has 0 bridgehead atoms. The monoisotopic (exact) mass is 277 g/mol. The minimum atomic E-state index is -0.553. The number of carbonyl (C=O) groups is 1. The lowest BCUT2D eigenvalue weighted by atomic mass is 10.2. The summed E-state index contributed by atoms with van der Waals surface area (Å²) in [6, 6.07) is 11.4. The molecular formula is C14H12FNO2S. The number of methoxy groups -OCH3 is 1. The van der Waals surface area contributed by atoms with E-state index in [1.54, 1.807) is 18.2 Å². The van der Waals surface area contributed by atoms with Crippen molar-refractivity contribution in [1.29, 1.82) is 0 Å². The van der Waals surface area contributed by atoms with Gasteiger partial charge in [0.05, 0.1) is 12.7 Å². The van der Waals surface area contributed by atoms with Crippen molar-refractivity contribution < 1.29 is 13.9 Å². The second kappa shape index (κ2) is 5.75. The van der Waals surface area contributed by atoms with Crippen molar-refractivity contribution in [3.63, 3.8) is 0 Å². The first-order valence-electron chi connectivity index (χ1n) is 5.51. The Hall–Kier alpha value is -2.01. The van der Waals surface area contributed by atoms with E-state index in [1.165, 1.54) is 31.0 Å². The first kappa shape index (κ1) is 13.4. The quantitative estimate of drug-likeness (QED) is 0.690. The van der Waals surface area contributed by atoms with Gasteiger partial charge < -0.3 is 10.5 Å². The molecular weight excluding hydrogens is 265 g/mol. The first-order chi connectivity index (χ1) is 9.10. The molecule has 2 N–H and O–H groups in total. The molecule has 0 aliphatic carbocycles. The summed E-state index contributed by atoms with van der Waals surface area (Å²) in [6.45, 7) is 0. The molecule has 0 unspecified atom stereocenters. The lowest BCUT2D eigenvalue weighted by Crippen LogP contribution is -2.01. The molecule has 0 heterocycles. The highest BCUT2D eigenvalue weighted by molar-refractivity contribution is 7.99. The van der Waals surface area contributed by atoms with Gasteiger partial charge in [0.2, 0.25) is 0 Å². The number of hydrogen-bond donors (Lipinski definition) is 1. The van der Waals surface area contributed by atoms with Gasteiger partial charge in [-0.2, -0.15) is 0 Å². The maximum absolute atomic E-state index is 13.9. The highest BCUT2D eigenvalue weighted by atomic mass is 32.2. The molecule has 5 heteroatoms. The van der Waals surface area contributed by atoms with Crippen molar-refractivity contribution >= 4 is 23.4 Å². The minimum Gasteiger partial charge on any atom is -0.465 e. The average Bonchev–Trinajstić information content (AvgIpc) is 2.42. The molecule has 0 fully saturated rings. The van der Waals surface area contributed by atoms with Crippen LogP contribution in [0.15, 0.2) is 52.3 Å². The largest absolute Gasteiger partial charge is 0.465 e. The predicted octanol–water partition coefficient (Wildman–Crippen LogP) is 3.35. The summed E-state index contributed by atoms with van der Waals surface area (Å²) in [5.41, 5.74) is 6.44. The van der Waals surface area contributed by atoms with Gasteiger partial charge in [0, 0.05) is 15.5 Å². The van der Waals surface area contributed by atoms with Crippen LogP contribution >= 0.6 is 11.8 Å². The summed E-state index contributed by atoms with van der Waals surface area (Å²) in [7, 11) is 1.26. The second-order valence-corrected chi connectivity index (χ2v) is 4.92. The fourth-order valence-corrected chi connectivity index (χ4v) is 2.31. The molecule has 0 aliphatic heterocycles. The third-order valence-electron chi connectivity index (χ3n) is 2.46. The Bertz CT molecular complexity index is 599. The van der Waals surface area contributed by atoms with Crippen LogP contribution < -0.4 is 5.73 Å². The molecule has 2 rings (SSSR count). The Labute approximate surface area is 114 Å². The molecule has 0 aromatic heterocycles. The summed E-state index contributed by atoms with van der Waals surface area (Å²) in [5, 5.41) is 0. The third kappa shape index (κ3) is 3.26. The third-order valence-corrected chi connectivity index (χ3v) is 3.52. The number of anilines is 1. The molecule has 98 valence electrons. The molecule has 0 saturated heterocycles. The lowest BCUT2D eigenvalue weighted by Gasteiger charge is -2.05. The van der Waals surface area contributed by atoms with Gasteiger partial charge in [0.25, 0.3) is 0 Å². The van der Waals surface area contributed by atoms with Crippen LogP contribution in [0.1, 0.15) is 10.4 Å². The van der Waals surface area contributed by atoms with E-state index in [4.69, 9.17) is 5.73 Å². The van der Waals surface area contributed by atoms with Crippen molar-refractivity contribution in [1.82, 2.24) is 0 Å². The summed E-state index contributed by atoms with van der Waals surface area (Å²) >= 11 is 1.27. The Kier molecular flexibility index (Phi) is 4.06. The van der Waals surface area contributed by atoms with Crippen molar-refractivity contribution in [3.05, 3.63) is 53.8 Å². The zero-order valence-corrected chi connectivity index (χ0v) is 11.0. The Morgan fingerprint density at radius 1 is 1.21 bits per heavy atom. The summed E-state index contributed by atoms with van der Waals surface area (Å²) in [5.74, 6) is -1.01. The number of hydrogen-bond acceptors (Lipinski definition) is 4. The Balaban J connectivity index is 2.22. The number of nitrogens with two attached hydrogens (primary N) is 1. The average molecular weight is 277 g/mol. The Morgan fingerprint density at radius 3 is 2.47 bits per heavy atom. The van der Waals surface area contributed by atoms with E-state index in [9.17, 15) is 9.18 Å². The normalized spacial score (nSPS) is 10.2. The van der Waals surface area contributed by atoms with Crippen LogP contribution in [0, 0.1) is 5.82 Å². The van der Waals surface area contributed by atoms with E-state index in [-0.39, 0.29) is 5.56 Å². The van der Waals surface area contributed by atoms with E-state index < -0.39 is 11.8 Å². The molecule has 2 aromatic rings. The molecule has 0 radical (unpaired) electrons. The summed E-state index contributed by atoms with van der Waals surface area (Å²) in [6.07, 6.45) is 0. The van der Waals surface area contributed by atoms with Crippen LogP contribution in [-0.2, 0) is 4.74 Å². The zero-order valence-electron chi connectivity index (χ0n) is 10.2. The number of ether oxygens (including phenoxy) is 1. The fourth-order valence-electron chi connectivity index (χ4n) is 1.49. The van der Waals surface area contributed by atoms with E-state index in [1.807, 2.05) is 12.1 Å². The van der Waals surface area contributed by atoms with E-state index in [0.29, 0.717) is 10.6 Å². The molecule has 19 heavy (non-hydrogen) atoms. The minimum absolute atomic E-state index is 0.196. The van der Waals surface area contributed by atoms with Crippen molar-refractivity contribution in [3.8, 4) is 0 Å². The zero-order chi connectivity index (χ0) is 13.8. The van der Waals surface area contributed by atoms with Gasteiger partial charge in [-0.1, -0.05) is 11.8 Å². The molecule has 0 amide bonds. The van der Waals surface area contributed by atoms with Gasteiger partial charge in [-0.3, -0.25) is 0 Å². The maximum atomic E-state index is 13.9. The number of carbonyl (C=O) groups excluding carboxylic acids is 1. The molecule has 0 saturated carbocycles. The van der Waals surface area contributed by atoms with Gasteiger partial charge in [0.1, 0.15) is 5.82 Å². The van der Waals surface area contributed by atoms with Gasteiger partial charge in [0.15, 0.2) is 0 Å². The number of esters is 1. The van der Waals surface area contributed by atoms with Crippen LogP contribution in [0.3, 0.4) is 0 Å². The predicted molar refractivity (Wildman–Crippen MR) is 72.7 cm³/mol. The second-order valence-electron chi connectivity index (χ2n) is 3.81. The van der Waals surface area contributed by atoms with Gasteiger partial charge >= 0.3 is 5.97 Å². The smallest absolute Gasteiger partial charge is 0.337 e. The standard InChI is InChI=1S/C14H12FNO2S/c1-18-14(17)9-2-7-13(12(15)8-9)19-11-5-3-10(16)4-6-11/h2-8H,16H2,1H3. The van der Waals surface area contributed by atoms with Crippen LogP contribution in [0.5, 0.6) is 0 Å². The molecule has 2 aromatic carbocycles. The molecule has 3 nitrogen and oxygen atoms in total. The number of nitrogen functional groups attached to an aromatic ring is 1. The van der Waals surface area contributed by atoms with Gasteiger partial charge in [-0.05, 0) is 42.5 Å². The lowest BCUT2D eigenvalue weighted by molar-refractivity contribution is 0.0600. The molecule has 0 aliphatic rings. The molecule has 0 spiro atoms. The van der Waals surface area contributed by atoms with Gasteiger partial charge in [-0.15, -0.1) is 0 Å². The number of halogens is 1. The highest BCUT2D eigenvalue weighted by Gasteiger charge is 2.10. The maximum Gasteiger partial charge on any atom is 0.337 e. The van der Waals surface area contributed by atoms with E-state index >= 15 is 0 Å². The Morgan fingerprint density at radius 2 is 1.89 bits per heavy atom. The SMILES string of the molecule is COC(=O)c1ccc(Sc2ccc(N)cc2)c(F)c1. The summed E-state index contributed by atoms with van der Waals surface area (Å²) < 4.78 is 18.4. The number of rotatable bonds is 3. The highest BCUT2D eigenvalue weighted by Crippen LogP contribution is 2.30. The molecule has 0 atom stereocenters. The van der Waals surface area contributed by atoms with Crippen LogP contribution in [0.4, 0.5) is 10.1 Å². The van der Waals surface area contributed by atoms with Crippen molar-refractivity contribution in [2.45, 2.75) is 9.79 Å². The number of benzene rings is 2. The first-order valence-corrected chi connectivity index (χ1v) is 6.33. The van der Waals surface area contributed by atoms with Crippen LogP contribution in [0.25, 0.3) is 0 Å². The van der Waals surface area contributed by atoms with Crippen molar-refractivity contribution in [2.24, 2.45) is 0 Å². The van der Waals surface area contributed by atoms with Crippen LogP contribution in [-0.4, -0.2) is 13.1 Å². The van der Waals surface area contributed by atoms with Crippen molar-refractivity contribution in [2.75, 3.05) is 12.8 Å². The van der Waals surface area contributed by atoms with Crippen LogP contribution in [0.2, 0.25) is 0 Å². The topological polar surface area (TPSA) is 52.3 Å². The van der Waals surface area contributed by atoms with E-state index in [2.05, 4.69) is 4.74 Å². The van der Waals surface area contributed by atoms with E-state index in [0.717, 1.165) is 4.90 Å². The van der Waals surface area contributed by atoms with Gasteiger partial charge in [-0.25, -0.2) is 9.18 Å². The summed E-state index contributed by atoms with van der Waals surface area (Å²) in [4.78, 5) is 12.6.